The molecule has 0 bridgehead atoms. The van der Waals surface area contributed by atoms with Crippen LogP contribution in [0.25, 0.3) is 0 Å². The number of likely N-dealkylation sites (N-methyl/N-ethyl adjacent to an activating group) is 1. The Bertz CT molecular complexity index is 891. The summed E-state index contributed by atoms with van der Waals surface area (Å²) in [5.74, 6) is -0.827. The SMILES string of the molecule is CN(CC(=O)Nc1ncc(Cc2ccc(F)cc2)s1)C(=O)c1ccco1. The highest BCUT2D eigenvalue weighted by Gasteiger charge is 2.17. The number of hydrogen-bond acceptors (Lipinski definition) is 5. The van der Waals surface area contributed by atoms with Gasteiger partial charge in [0.2, 0.25) is 5.91 Å². The van der Waals surface area contributed by atoms with Crippen molar-refractivity contribution in [3.05, 3.63) is 70.9 Å². The summed E-state index contributed by atoms with van der Waals surface area (Å²) in [6, 6.07) is 9.39. The molecule has 2 aromatic heterocycles. The van der Waals surface area contributed by atoms with Crippen molar-refractivity contribution >= 4 is 28.3 Å². The number of carbonyl (C=O) groups is 2. The van der Waals surface area contributed by atoms with Crippen LogP contribution in [-0.2, 0) is 11.2 Å². The van der Waals surface area contributed by atoms with Gasteiger partial charge in [-0.05, 0) is 29.8 Å². The molecule has 8 heteroatoms. The van der Waals surface area contributed by atoms with Gasteiger partial charge in [0.05, 0.1) is 6.26 Å². The number of halogens is 1. The maximum Gasteiger partial charge on any atom is 0.289 e. The second-order valence-corrected chi connectivity index (χ2v) is 6.74. The molecule has 0 saturated carbocycles. The maximum absolute atomic E-state index is 12.9. The topological polar surface area (TPSA) is 75.4 Å². The van der Waals surface area contributed by atoms with Gasteiger partial charge in [-0.3, -0.25) is 9.59 Å². The lowest BCUT2D eigenvalue weighted by molar-refractivity contribution is -0.116. The first-order chi connectivity index (χ1) is 12.5. The Kier molecular flexibility index (Phi) is 5.43. The van der Waals surface area contributed by atoms with E-state index < -0.39 is 0 Å². The molecule has 0 saturated heterocycles. The van der Waals surface area contributed by atoms with Gasteiger partial charge in [0.25, 0.3) is 5.91 Å². The Morgan fingerprint density at radius 1 is 1.27 bits per heavy atom. The van der Waals surface area contributed by atoms with E-state index in [1.165, 1.54) is 41.7 Å². The second-order valence-electron chi connectivity index (χ2n) is 5.62. The van der Waals surface area contributed by atoms with Gasteiger partial charge in [-0.2, -0.15) is 0 Å². The van der Waals surface area contributed by atoms with E-state index in [4.69, 9.17) is 4.42 Å². The van der Waals surface area contributed by atoms with Crippen LogP contribution >= 0.6 is 11.3 Å². The van der Waals surface area contributed by atoms with Crippen molar-refractivity contribution in [1.82, 2.24) is 9.88 Å². The molecule has 2 amide bonds. The Morgan fingerprint density at radius 3 is 2.73 bits per heavy atom. The van der Waals surface area contributed by atoms with Crippen LogP contribution in [0.5, 0.6) is 0 Å². The Morgan fingerprint density at radius 2 is 2.04 bits per heavy atom. The van der Waals surface area contributed by atoms with Gasteiger partial charge in [0.1, 0.15) is 12.4 Å². The molecule has 134 valence electrons. The van der Waals surface area contributed by atoms with Crippen molar-refractivity contribution < 1.29 is 18.4 Å². The highest BCUT2D eigenvalue weighted by molar-refractivity contribution is 7.15. The van der Waals surface area contributed by atoms with Crippen molar-refractivity contribution in [3.63, 3.8) is 0 Å². The van der Waals surface area contributed by atoms with E-state index in [2.05, 4.69) is 10.3 Å². The first kappa shape index (κ1) is 17.8. The number of amides is 2. The number of thiazole rings is 1. The van der Waals surface area contributed by atoms with Crippen LogP contribution in [0, 0.1) is 5.82 Å². The smallest absolute Gasteiger partial charge is 0.289 e. The molecule has 26 heavy (non-hydrogen) atoms. The zero-order valence-corrected chi connectivity index (χ0v) is 14.8. The summed E-state index contributed by atoms with van der Waals surface area (Å²) in [4.78, 5) is 30.5. The molecule has 0 unspecified atom stereocenters. The van der Waals surface area contributed by atoms with Crippen LogP contribution in [0.2, 0.25) is 0 Å². The molecule has 3 aromatic rings. The number of hydrogen-bond donors (Lipinski definition) is 1. The molecule has 1 aromatic carbocycles. The minimum atomic E-state index is -0.374. The number of rotatable bonds is 6. The zero-order chi connectivity index (χ0) is 18.5. The monoisotopic (exact) mass is 373 g/mol. The van der Waals surface area contributed by atoms with Crippen molar-refractivity contribution in [1.29, 1.82) is 0 Å². The highest BCUT2D eigenvalue weighted by Crippen LogP contribution is 2.21. The van der Waals surface area contributed by atoms with Crippen LogP contribution in [0.4, 0.5) is 9.52 Å². The number of benzene rings is 1. The fraction of sp³-hybridized carbons (Fsp3) is 0.167. The summed E-state index contributed by atoms with van der Waals surface area (Å²) in [6.07, 6.45) is 3.67. The molecule has 0 atom stereocenters. The summed E-state index contributed by atoms with van der Waals surface area (Å²) in [5, 5.41) is 3.12. The fourth-order valence-electron chi connectivity index (χ4n) is 2.28. The van der Waals surface area contributed by atoms with Gasteiger partial charge >= 0.3 is 0 Å². The first-order valence-corrected chi connectivity index (χ1v) is 8.61. The zero-order valence-electron chi connectivity index (χ0n) is 13.9. The van der Waals surface area contributed by atoms with E-state index in [0.29, 0.717) is 11.6 Å². The van der Waals surface area contributed by atoms with E-state index in [9.17, 15) is 14.0 Å². The molecular weight excluding hydrogens is 357 g/mol. The average molecular weight is 373 g/mol. The fourth-order valence-corrected chi connectivity index (χ4v) is 3.15. The normalized spacial score (nSPS) is 10.5. The summed E-state index contributed by atoms with van der Waals surface area (Å²) in [6.45, 7) is -0.119. The van der Waals surface area contributed by atoms with Crippen molar-refractivity contribution in [2.45, 2.75) is 6.42 Å². The summed E-state index contributed by atoms with van der Waals surface area (Å²) >= 11 is 1.33. The molecule has 0 aliphatic heterocycles. The Labute approximate surface area is 153 Å². The van der Waals surface area contributed by atoms with Crippen molar-refractivity contribution in [3.8, 4) is 0 Å². The lowest BCUT2D eigenvalue weighted by Gasteiger charge is -2.14. The van der Waals surface area contributed by atoms with E-state index >= 15 is 0 Å². The second kappa shape index (κ2) is 7.92. The molecule has 2 heterocycles. The maximum atomic E-state index is 12.9. The largest absolute Gasteiger partial charge is 0.459 e. The van der Waals surface area contributed by atoms with Gasteiger partial charge in [0.15, 0.2) is 10.9 Å². The van der Waals surface area contributed by atoms with Gasteiger partial charge in [-0.25, -0.2) is 9.37 Å². The minimum Gasteiger partial charge on any atom is -0.459 e. The number of nitrogens with zero attached hydrogens (tertiary/aromatic N) is 2. The lowest BCUT2D eigenvalue weighted by atomic mass is 10.1. The quantitative estimate of drug-likeness (QED) is 0.720. The lowest BCUT2D eigenvalue weighted by Crippen LogP contribution is -2.34. The number of nitrogens with one attached hydrogen (secondary N) is 1. The van der Waals surface area contributed by atoms with E-state index in [0.717, 1.165) is 10.4 Å². The predicted octanol–water partition coefficient (Wildman–Crippen LogP) is 3.18. The molecular formula is C18H16FN3O3S. The van der Waals surface area contributed by atoms with Gasteiger partial charge in [0, 0.05) is 24.5 Å². The third-order valence-corrected chi connectivity index (χ3v) is 4.46. The standard InChI is InChI=1S/C18H16FN3O3S/c1-22(17(24)15-3-2-8-25-15)11-16(23)21-18-20-10-14(26-18)9-12-4-6-13(19)7-5-12/h2-8,10H,9,11H2,1H3,(H,20,21,23). The van der Waals surface area contributed by atoms with Gasteiger partial charge < -0.3 is 14.6 Å². The van der Waals surface area contributed by atoms with E-state index in [-0.39, 0.29) is 29.9 Å². The molecule has 0 radical (unpaired) electrons. The third-order valence-electron chi connectivity index (χ3n) is 3.55. The molecule has 0 fully saturated rings. The van der Waals surface area contributed by atoms with E-state index in [1.807, 2.05) is 0 Å². The molecule has 1 N–H and O–H groups in total. The number of aromatic nitrogens is 1. The Balaban J connectivity index is 1.54. The molecule has 0 aliphatic carbocycles. The number of carbonyl (C=O) groups excluding carboxylic acids is 2. The predicted molar refractivity (Wildman–Crippen MR) is 95.6 cm³/mol. The van der Waals surface area contributed by atoms with Crippen LogP contribution in [-0.4, -0.2) is 35.3 Å². The minimum absolute atomic E-state index is 0.119. The van der Waals surface area contributed by atoms with Crippen LogP contribution in [0.3, 0.4) is 0 Å². The molecule has 0 spiro atoms. The Hall–Kier alpha value is -3.00. The van der Waals surface area contributed by atoms with Gasteiger partial charge in [-0.15, -0.1) is 11.3 Å². The first-order valence-electron chi connectivity index (χ1n) is 7.79. The molecule has 6 nitrogen and oxygen atoms in total. The highest BCUT2D eigenvalue weighted by atomic mass is 32.1. The van der Waals surface area contributed by atoms with Crippen LogP contribution < -0.4 is 5.32 Å². The van der Waals surface area contributed by atoms with Gasteiger partial charge in [-0.1, -0.05) is 12.1 Å². The van der Waals surface area contributed by atoms with Crippen molar-refractivity contribution in [2.24, 2.45) is 0 Å². The molecule has 3 rings (SSSR count). The summed E-state index contributed by atoms with van der Waals surface area (Å²) in [5.41, 5.74) is 0.955. The number of anilines is 1. The summed E-state index contributed by atoms with van der Waals surface area (Å²) in [7, 11) is 1.52. The van der Waals surface area contributed by atoms with Crippen LogP contribution in [0.15, 0.2) is 53.3 Å². The van der Waals surface area contributed by atoms with Crippen LogP contribution in [0.1, 0.15) is 21.0 Å². The van der Waals surface area contributed by atoms with E-state index in [1.54, 1.807) is 30.5 Å². The number of furan rings is 1. The van der Waals surface area contributed by atoms with Crippen molar-refractivity contribution in [2.75, 3.05) is 18.9 Å². The molecule has 0 aliphatic rings. The summed E-state index contributed by atoms with van der Waals surface area (Å²) < 4.78 is 18.0. The third kappa shape index (κ3) is 4.54. The average Bonchev–Trinajstić information content (AvgIpc) is 3.28.